The minimum Gasteiger partial charge on any atom is -0.497 e. The smallest absolute Gasteiger partial charge is 0.248 e. The van der Waals surface area contributed by atoms with Crippen molar-refractivity contribution in [1.82, 2.24) is 4.98 Å². The van der Waals surface area contributed by atoms with Crippen molar-refractivity contribution in [2.24, 2.45) is 0 Å². The fraction of sp³-hybridized carbons (Fsp3) is 0.0370. The second-order valence-corrected chi connectivity index (χ2v) is 7.32. The summed E-state index contributed by atoms with van der Waals surface area (Å²) in [5.41, 5.74) is 3.86. The number of carbonyl (C=O) groups is 1. The predicted octanol–water partition coefficient (Wildman–Crippen LogP) is 6.42. The van der Waals surface area contributed by atoms with Crippen molar-refractivity contribution >= 4 is 28.8 Å². The third kappa shape index (κ3) is 4.55. The number of amides is 1. The summed E-state index contributed by atoms with van der Waals surface area (Å²) in [5.74, 6) is 2.33. The zero-order chi connectivity index (χ0) is 22.6. The van der Waals surface area contributed by atoms with Crippen LogP contribution >= 0.6 is 0 Å². The van der Waals surface area contributed by atoms with Crippen LogP contribution in [0, 0.1) is 0 Å². The van der Waals surface area contributed by atoms with Gasteiger partial charge in [-0.1, -0.05) is 30.3 Å². The van der Waals surface area contributed by atoms with Gasteiger partial charge in [-0.05, 0) is 54.6 Å². The van der Waals surface area contributed by atoms with Gasteiger partial charge in [0.1, 0.15) is 22.8 Å². The molecule has 6 heteroatoms. The number of nitrogens with one attached hydrogen (secondary N) is 1. The van der Waals surface area contributed by atoms with Crippen LogP contribution in [0.15, 0.2) is 99.8 Å². The largest absolute Gasteiger partial charge is 0.497 e. The highest BCUT2D eigenvalue weighted by atomic mass is 16.5. The number of carbonyl (C=O) groups excluding carboxylic acids is 1. The normalized spacial score (nSPS) is 11.2. The summed E-state index contributed by atoms with van der Waals surface area (Å²) in [6.07, 6.45) is 3.08. The van der Waals surface area contributed by atoms with E-state index >= 15 is 0 Å². The van der Waals surface area contributed by atoms with E-state index in [0.717, 1.165) is 28.2 Å². The molecule has 1 amide bonds. The molecule has 0 saturated heterocycles. The Kier molecular flexibility index (Phi) is 5.47. The number of hydrogen-bond donors (Lipinski definition) is 1. The first-order valence-corrected chi connectivity index (χ1v) is 10.4. The highest BCUT2D eigenvalue weighted by Crippen LogP contribution is 2.28. The molecule has 0 fully saturated rings. The van der Waals surface area contributed by atoms with Gasteiger partial charge in [0.05, 0.1) is 7.11 Å². The predicted molar refractivity (Wildman–Crippen MR) is 128 cm³/mol. The molecule has 0 spiro atoms. The first kappa shape index (κ1) is 20.3. The Balaban J connectivity index is 1.24. The standard InChI is InChI=1S/C27H20N2O4/c1-31-22-12-15-25-23(17-22)29-27(33-25)19-7-9-20(10-8-19)28-26(30)16-13-21-11-14-24(32-21)18-5-3-2-4-6-18/h2-17H,1H3,(H,28,30)/b16-13+. The van der Waals surface area contributed by atoms with Gasteiger partial charge in [-0.2, -0.15) is 0 Å². The van der Waals surface area contributed by atoms with Crippen molar-refractivity contribution in [2.75, 3.05) is 12.4 Å². The van der Waals surface area contributed by atoms with Crippen molar-refractivity contribution < 1.29 is 18.4 Å². The molecule has 6 nitrogen and oxygen atoms in total. The Morgan fingerprint density at radius 2 is 1.73 bits per heavy atom. The fourth-order valence-electron chi connectivity index (χ4n) is 3.40. The molecule has 5 rings (SSSR count). The number of aromatic nitrogens is 1. The second-order valence-electron chi connectivity index (χ2n) is 7.32. The molecule has 0 saturated carbocycles. The molecule has 0 unspecified atom stereocenters. The van der Waals surface area contributed by atoms with Crippen LogP contribution in [0.2, 0.25) is 0 Å². The molecular weight excluding hydrogens is 416 g/mol. The number of hydrogen-bond acceptors (Lipinski definition) is 5. The highest BCUT2D eigenvalue weighted by Gasteiger charge is 2.10. The van der Waals surface area contributed by atoms with Crippen LogP contribution in [0.4, 0.5) is 5.69 Å². The van der Waals surface area contributed by atoms with Crippen LogP contribution in [-0.2, 0) is 4.79 Å². The molecule has 0 bridgehead atoms. The molecular formula is C27H20N2O4. The lowest BCUT2D eigenvalue weighted by molar-refractivity contribution is -0.111. The summed E-state index contributed by atoms with van der Waals surface area (Å²) < 4.78 is 16.8. The molecule has 2 heterocycles. The molecule has 33 heavy (non-hydrogen) atoms. The Hall–Kier alpha value is -4.58. The number of benzene rings is 3. The molecule has 162 valence electrons. The van der Waals surface area contributed by atoms with E-state index in [2.05, 4.69) is 10.3 Å². The molecule has 3 aromatic carbocycles. The van der Waals surface area contributed by atoms with Gasteiger partial charge in [-0.3, -0.25) is 4.79 Å². The average molecular weight is 436 g/mol. The van der Waals surface area contributed by atoms with Gasteiger partial charge in [0.2, 0.25) is 11.8 Å². The van der Waals surface area contributed by atoms with Crippen molar-refractivity contribution in [2.45, 2.75) is 0 Å². The van der Waals surface area contributed by atoms with Crippen LogP contribution in [0.3, 0.4) is 0 Å². The average Bonchev–Trinajstić information content (AvgIpc) is 3.50. The highest BCUT2D eigenvalue weighted by molar-refractivity contribution is 6.01. The Bertz CT molecular complexity index is 1430. The number of rotatable bonds is 6. The molecule has 0 aliphatic rings. The maximum atomic E-state index is 12.3. The van der Waals surface area contributed by atoms with E-state index < -0.39 is 0 Å². The van der Waals surface area contributed by atoms with E-state index in [1.807, 2.05) is 72.8 Å². The number of furan rings is 1. The monoisotopic (exact) mass is 436 g/mol. The van der Waals surface area contributed by atoms with Crippen LogP contribution in [0.25, 0.3) is 40.0 Å². The van der Waals surface area contributed by atoms with Crippen molar-refractivity contribution in [3.8, 4) is 28.5 Å². The summed E-state index contributed by atoms with van der Waals surface area (Å²) >= 11 is 0. The Morgan fingerprint density at radius 1 is 0.909 bits per heavy atom. The maximum absolute atomic E-state index is 12.3. The minimum atomic E-state index is -0.255. The maximum Gasteiger partial charge on any atom is 0.248 e. The van der Waals surface area contributed by atoms with Crippen LogP contribution in [0.1, 0.15) is 5.76 Å². The quantitative estimate of drug-likeness (QED) is 0.311. The lowest BCUT2D eigenvalue weighted by atomic mass is 10.2. The summed E-state index contributed by atoms with van der Waals surface area (Å²) in [4.78, 5) is 16.8. The van der Waals surface area contributed by atoms with E-state index in [1.165, 1.54) is 6.08 Å². The van der Waals surface area contributed by atoms with Crippen LogP contribution in [0.5, 0.6) is 5.75 Å². The molecule has 0 atom stereocenters. The number of ether oxygens (including phenoxy) is 1. The second kappa shape index (κ2) is 8.88. The van der Waals surface area contributed by atoms with Gasteiger partial charge in [-0.15, -0.1) is 0 Å². The lowest BCUT2D eigenvalue weighted by Crippen LogP contribution is -2.07. The Labute approximate surface area is 190 Å². The van der Waals surface area contributed by atoms with Gasteiger partial charge in [0.25, 0.3) is 0 Å². The van der Waals surface area contributed by atoms with E-state index in [4.69, 9.17) is 13.6 Å². The van der Waals surface area contributed by atoms with Gasteiger partial charge in [0.15, 0.2) is 5.58 Å². The molecule has 1 N–H and O–H groups in total. The number of methoxy groups -OCH3 is 1. The topological polar surface area (TPSA) is 77.5 Å². The summed E-state index contributed by atoms with van der Waals surface area (Å²) in [5, 5.41) is 2.84. The third-order valence-electron chi connectivity index (χ3n) is 5.08. The van der Waals surface area contributed by atoms with Crippen molar-refractivity contribution in [3.05, 3.63) is 96.8 Å². The first-order valence-electron chi connectivity index (χ1n) is 10.4. The molecule has 0 radical (unpaired) electrons. The zero-order valence-electron chi connectivity index (χ0n) is 17.8. The fourth-order valence-corrected chi connectivity index (χ4v) is 3.40. The molecule has 5 aromatic rings. The third-order valence-corrected chi connectivity index (χ3v) is 5.08. The van der Waals surface area contributed by atoms with Crippen LogP contribution in [-0.4, -0.2) is 18.0 Å². The SMILES string of the molecule is COc1ccc2oc(-c3ccc(NC(=O)/C=C/c4ccc(-c5ccccc5)o4)cc3)nc2c1. The van der Waals surface area contributed by atoms with Crippen LogP contribution < -0.4 is 10.1 Å². The number of nitrogens with zero attached hydrogens (tertiary/aromatic N) is 1. The van der Waals surface area contributed by atoms with Crippen molar-refractivity contribution in [1.29, 1.82) is 0 Å². The minimum absolute atomic E-state index is 0.255. The summed E-state index contributed by atoms with van der Waals surface area (Å²) in [6, 6.07) is 26.3. The van der Waals surface area contributed by atoms with E-state index in [9.17, 15) is 4.79 Å². The van der Waals surface area contributed by atoms with Gasteiger partial charge in [-0.25, -0.2) is 4.98 Å². The number of oxazole rings is 1. The lowest BCUT2D eigenvalue weighted by Gasteiger charge is -2.02. The number of fused-ring (bicyclic) bond motifs is 1. The van der Waals surface area contributed by atoms with Crippen molar-refractivity contribution in [3.63, 3.8) is 0 Å². The van der Waals surface area contributed by atoms with E-state index in [-0.39, 0.29) is 5.91 Å². The number of anilines is 1. The van der Waals surface area contributed by atoms with E-state index in [1.54, 1.807) is 25.3 Å². The summed E-state index contributed by atoms with van der Waals surface area (Å²) in [6.45, 7) is 0. The van der Waals surface area contributed by atoms with Gasteiger partial charge < -0.3 is 18.9 Å². The first-order chi connectivity index (χ1) is 16.2. The Morgan fingerprint density at radius 3 is 2.52 bits per heavy atom. The van der Waals surface area contributed by atoms with E-state index in [0.29, 0.717) is 22.9 Å². The summed E-state index contributed by atoms with van der Waals surface area (Å²) in [7, 11) is 1.61. The zero-order valence-corrected chi connectivity index (χ0v) is 17.8. The van der Waals surface area contributed by atoms with Gasteiger partial charge >= 0.3 is 0 Å². The molecule has 0 aliphatic heterocycles. The molecule has 2 aromatic heterocycles. The van der Waals surface area contributed by atoms with Gasteiger partial charge in [0, 0.05) is 29.0 Å². The molecule has 0 aliphatic carbocycles.